The third kappa shape index (κ3) is 7.03. The number of para-hydroxylation sites is 1. The Labute approximate surface area is 255 Å². The minimum Gasteiger partial charge on any atom is -0.489 e. The van der Waals surface area contributed by atoms with Crippen molar-refractivity contribution >= 4 is 50.7 Å². The number of benzene rings is 3. The van der Waals surface area contributed by atoms with Gasteiger partial charge in [0, 0.05) is 32.3 Å². The molecule has 1 aromatic heterocycles. The topological polar surface area (TPSA) is 149 Å². The first-order valence-corrected chi connectivity index (χ1v) is 14.9. The van der Waals surface area contributed by atoms with Crippen molar-refractivity contribution in [3.63, 3.8) is 0 Å². The van der Waals surface area contributed by atoms with Gasteiger partial charge < -0.3 is 20.7 Å². The number of hydrogen-bond donors (Lipinski definition) is 3. The van der Waals surface area contributed by atoms with Crippen LogP contribution in [0.3, 0.4) is 0 Å². The molecule has 0 spiro atoms. The van der Waals surface area contributed by atoms with Crippen molar-refractivity contribution in [2.45, 2.75) is 24.8 Å². The molecule has 0 atom stereocenters. The van der Waals surface area contributed by atoms with Crippen LogP contribution >= 0.6 is 11.6 Å². The molecule has 0 saturated carbocycles. The van der Waals surface area contributed by atoms with Gasteiger partial charge in [-0.05, 0) is 55.8 Å². The summed E-state index contributed by atoms with van der Waals surface area (Å²) in [7, 11) is 0.697. The molecule has 0 aliphatic heterocycles. The number of aromatic nitrogens is 2. The van der Waals surface area contributed by atoms with Gasteiger partial charge in [0.1, 0.15) is 15.7 Å². The Bertz CT molecular complexity index is 1800. The average molecular weight is 620 g/mol. The first kappa shape index (κ1) is 31.2. The van der Waals surface area contributed by atoms with E-state index in [1.165, 1.54) is 26.4 Å². The highest BCUT2D eigenvalue weighted by atomic mass is 35.5. The van der Waals surface area contributed by atoms with Crippen LogP contribution in [0.4, 0.5) is 23.1 Å². The fraction of sp³-hybridized carbons (Fsp3) is 0.200. The number of hydrogen-bond acceptors (Lipinski definition) is 9. The Morgan fingerprint density at radius 3 is 2.37 bits per heavy atom. The first-order valence-electron chi connectivity index (χ1n) is 13.1. The van der Waals surface area contributed by atoms with Crippen LogP contribution in [0.15, 0.2) is 71.8 Å². The van der Waals surface area contributed by atoms with Crippen LogP contribution in [0, 0.1) is 11.3 Å². The molecule has 0 radical (unpaired) electrons. The van der Waals surface area contributed by atoms with Crippen LogP contribution in [0.2, 0.25) is 5.02 Å². The summed E-state index contributed by atoms with van der Waals surface area (Å²) in [6, 6.07) is 18.9. The summed E-state index contributed by atoms with van der Waals surface area (Å²) in [4.78, 5) is 20.8. The second-order valence-corrected chi connectivity index (χ2v) is 12.3. The van der Waals surface area contributed by atoms with Crippen molar-refractivity contribution in [2.75, 3.05) is 31.8 Å². The second kappa shape index (κ2) is 13.1. The van der Waals surface area contributed by atoms with Gasteiger partial charge in [-0.1, -0.05) is 35.9 Å². The van der Waals surface area contributed by atoms with Crippen molar-refractivity contribution in [2.24, 2.45) is 0 Å². The summed E-state index contributed by atoms with van der Waals surface area (Å²) in [6.45, 7) is 3.75. The maximum atomic E-state index is 12.9. The second-order valence-electron chi connectivity index (χ2n) is 9.75. The number of nitrogens with one attached hydrogen (secondary N) is 3. The van der Waals surface area contributed by atoms with Gasteiger partial charge in [-0.3, -0.25) is 4.79 Å². The maximum Gasteiger partial charge on any atom is 0.251 e. The van der Waals surface area contributed by atoms with Gasteiger partial charge >= 0.3 is 0 Å². The zero-order chi connectivity index (χ0) is 31.3. The highest BCUT2D eigenvalue weighted by Gasteiger charge is 2.22. The Morgan fingerprint density at radius 1 is 1.05 bits per heavy atom. The molecular weight excluding hydrogens is 590 g/mol. The Hall–Kier alpha value is -4.70. The largest absolute Gasteiger partial charge is 0.489 e. The first-order chi connectivity index (χ1) is 20.4. The SMILES string of the molecule is CNC(=O)c1ccc(-c2cc(OC(C)C)c(Nc3ncc(Cl)c(Nc4ccccc4S(=O)(=O)N(C)C)n3)cc2C#N)cc1. The van der Waals surface area contributed by atoms with E-state index >= 15 is 0 Å². The molecule has 11 nitrogen and oxygen atoms in total. The fourth-order valence-electron chi connectivity index (χ4n) is 4.06. The third-order valence-corrected chi connectivity index (χ3v) is 8.33. The van der Waals surface area contributed by atoms with Gasteiger partial charge in [0.15, 0.2) is 5.82 Å². The van der Waals surface area contributed by atoms with Gasteiger partial charge in [-0.15, -0.1) is 0 Å². The number of rotatable bonds is 10. The van der Waals surface area contributed by atoms with E-state index in [0.29, 0.717) is 28.1 Å². The van der Waals surface area contributed by atoms with Crippen LogP contribution in [-0.2, 0) is 10.0 Å². The molecule has 43 heavy (non-hydrogen) atoms. The molecule has 3 aromatic carbocycles. The summed E-state index contributed by atoms with van der Waals surface area (Å²) >= 11 is 6.39. The van der Waals surface area contributed by atoms with E-state index in [4.69, 9.17) is 16.3 Å². The lowest BCUT2D eigenvalue weighted by atomic mass is 9.98. The number of halogens is 1. The normalized spacial score (nSPS) is 11.2. The maximum absolute atomic E-state index is 12.9. The van der Waals surface area contributed by atoms with Crippen molar-refractivity contribution in [3.8, 4) is 22.9 Å². The molecule has 0 saturated heterocycles. The lowest BCUT2D eigenvalue weighted by Gasteiger charge is -2.19. The highest BCUT2D eigenvalue weighted by molar-refractivity contribution is 7.89. The quantitative estimate of drug-likeness (QED) is 0.207. The summed E-state index contributed by atoms with van der Waals surface area (Å²) in [5.41, 5.74) is 2.90. The van der Waals surface area contributed by atoms with E-state index in [-0.39, 0.29) is 39.4 Å². The summed E-state index contributed by atoms with van der Waals surface area (Å²) in [6.07, 6.45) is 1.18. The van der Waals surface area contributed by atoms with E-state index in [0.717, 1.165) is 9.87 Å². The summed E-state index contributed by atoms with van der Waals surface area (Å²) in [5, 5.41) is 18.9. The molecule has 0 unspecified atom stereocenters. The number of anilines is 4. The smallest absolute Gasteiger partial charge is 0.251 e. The zero-order valence-electron chi connectivity index (χ0n) is 24.1. The lowest BCUT2D eigenvalue weighted by molar-refractivity contribution is 0.0963. The molecule has 0 aliphatic carbocycles. The average Bonchev–Trinajstić information content (AvgIpc) is 2.99. The van der Waals surface area contributed by atoms with E-state index in [1.54, 1.807) is 61.6 Å². The number of carbonyl (C=O) groups excluding carboxylic acids is 1. The van der Waals surface area contributed by atoms with Crippen LogP contribution < -0.4 is 20.7 Å². The van der Waals surface area contributed by atoms with Crippen molar-refractivity contribution in [1.82, 2.24) is 19.6 Å². The highest BCUT2D eigenvalue weighted by Crippen LogP contribution is 2.37. The van der Waals surface area contributed by atoms with Crippen LogP contribution in [-0.4, -0.2) is 55.8 Å². The van der Waals surface area contributed by atoms with E-state index in [2.05, 4.69) is 32.0 Å². The van der Waals surface area contributed by atoms with Crippen LogP contribution in [0.5, 0.6) is 5.75 Å². The van der Waals surface area contributed by atoms with Crippen molar-refractivity contribution in [1.29, 1.82) is 5.26 Å². The van der Waals surface area contributed by atoms with Crippen molar-refractivity contribution in [3.05, 3.63) is 83.0 Å². The van der Waals surface area contributed by atoms with Crippen LogP contribution in [0.1, 0.15) is 29.8 Å². The Balaban J connectivity index is 1.72. The van der Waals surface area contributed by atoms with Gasteiger partial charge in [0.2, 0.25) is 16.0 Å². The number of sulfonamides is 1. The molecule has 13 heteroatoms. The standard InChI is InChI=1S/C30H30ClN7O4S/c1-18(2)42-26-15-22(19-10-12-20(13-11-19)29(39)33-3)21(16-32)14-25(26)36-30-34-17-23(31)28(37-30)35-24-8-6-7-9-27(24)43(40,41)38(4)5/h6-15,17-18H,1-5H3,(H,33,39)(H2,34,35,36,37). The molecular formula is C30H30ClN7O4S. The predicted molar refractivity (Wildman–Crippen MR) is 167 cm³/mol. The number of nitrogens with zero attached hydrogens (tertiary/aromatic N) is 4. The van der Waals surface area contributed by atoms with Crippen molar-refractivity contribution < 1.29 is 17.9 Å². The zero-order valence-corrected chi connectivity index (χ0v) is 25.7. The minimum absolute atomic E-state index is 0.0504. The summed E-state index contributed by atoms with van der Waals surface area (Å²) < 4.78 is 32.9. The third-order valence-electron chi connectivity index (χ3n) is 6.18. The molecule has 0 fully saturated rings. The molecule has 1 amide bonds. The predicted octanol–water partition coefficient (Wildman–Crippen LogP) is 5.55. The number of ether oxygens (including phenoxy) is 1. The minimum atomic E-state index is -3.76. The Kier molecular flexibility index (Phi) is 9.50. The van der Waals surface area contributed by atoms with Gasteiger partial charge in [-0.2, -0.15) is 10.2 Å². The number of carbonyl (C=O) groups is 1. The molecule has 222 valence electrons. The van der Waals surface area contributed by atoms with E-state index in [9.17, 15) is 18.5 Å². The van der Waals surface area contributed by atoms with Gasteiger partial charge in [-0.25, -0.2) is 17.7 Å². The molecule has 0 aliphatic rings. The lowest BCUT2D eigenvalue weighted by Crippen LogP contribution is -2.23. The number of amides is 1. The Morgan fingerprint density at radius 2 is 1.74 bits per heavy atom. The molecule has 1 heterocycles. The van der Waals surface area contributed by atoms with Gasteiger partial charge in [0.05, 0.1) is 35.3 Å². The van der Waals surface area contributed by atoms with E-state index in [1.807, 2.05) is 13.8 Å². The van der Waals surface area contributed by atoms with Crippen LogP contribution in [0.25, 0.3) is 11.1 Å². The molecule has 4 aromatic rings. The molecule has 4 rings (SSSR count). The monoisotopic (exact) mass is 619 g/mol. The van der Waals surface area contributed by atoms with E-state index < -0.39 is 10.0 Å². The van der Waals surface area contributed by atoms with Gasteiger partial charge in [0.25, 0.3) is 5.91 Å². The fourth-order valence-corrected chi connectivity index (χ4v) is 5.24. The summed E-state index contributed by atoms with van der Waals surface area (Å²) in [5.74, 6) is 0.519. The number of nitriles is 1. The molecule has 0 bridgehead atoms. The molecule has 3 N–H and O–H groups in total.